The van der Waals surface area contributed by atoms with Gasteiger partial charge < -0.3 is 4.74 Å². The number of rotatable bonds is 1. The van der Waals surface area contributed by atoms with E-state index >= 15 is 0 Å². The van der Waals surface area contributed by atoms with Gasteiger partial charge in [0.2, 0.25) is 0 Å². The monoisotopic (exact) mass is 256 g/mol. The molecular formula is C16H10F2O. The van der Waals surface area contributed by atoms with Crippen LogP contribution in [0.3, 0.4) is 0 Å². The van der Waals surface area contributed by atoms with E-state index in [9.17, 15) is 8.78 Å². The molecule has 3 heteroatoms. The minimum Gasteiger partial charge on any atom is -0.357 e. The van der Waals surface area contributed by atoms with Crippen molar-refractivity contribution in [2.45, 2.75) is 12.2 Å². The highest BCUT2D eigenvalue weighted by Crippen LogP contribution is 2.48. The van der Waals surface area contributed by atoms with Crippen molar-refractivity contribution in [3.8, 4) is 11.1 Å². The molecule has 1 nitrogen and oxygen atoms in total. The summed E-state index contributed by atoms with van der Waals surface area (Å²) in [5.41, 5.74) is 2.68. The van der Waals surface area contributed by atoms with Crippen molar-refractivity contribution in [2.75, 3.05) is 0 Å². The molecule has 19 heavy (non-hydrogen) atoms. The largest absolute Gasteiger partial charge is 0.357 e. The number of ether oxygens (including phenoxy) is 1. The summed E-state index contributed by atoms with van der Waals surface area (Å²) in [4.78, 5) is 0. The summed E-state index contributed by atoms with van der Waals surface area (Å²) in [6, 6.07) is 9.48. The highest BCUT2D eigenvalue weighted by atomic mass is 19.1. The van der Waals surface area contributed by atoms with Crippen LogP contribution in [0.1, 0.15) is 23.3 Å². The molecule has 0 aromatic heterocycles. The van der Waals surface area contributed by atoms with Crippen molar-refractivity contribution in [3.05, 3.63) is 71.3 Å². The zero-order valence-corrected chi connectivity index (χ0v) is 9.94. The second-order valence-corrected chi connectivity index (χ2v) is 4.80. The van der Waals surface area contributed by atoms with E-state index in [1.807, 2.05) is 18.2 Å². The third-order valence-electron chi connectivity index (χ3n) is 3.71. The Kier molecular flexibility index (Phi) is 2.15. The van der Waals surface area contributed by atoms with Crippen LogP contribution in [-0.2, 0) is 4.74 Å². The van der Waals surface area contributed by atoms with Crippen LogP contribution in [-0.4, -0.2) is 0 Å². The predicted molar refractivity (Wildman–Crippen MR) is 67.5 cm³/mol. The lowest BCUT2D eigenvalue weighted by molar-refractivity contribution is 0.0867. The summed E-state index contributed by atoms with van der Waals surface area (Å²) in [6.07, 6.45) is 3.44. The van der Waals surface area contributed by atoms with E-state index in [0.29, 0.717) is 16.7 Å². The molecule has 2 atom stereocenters. The van der Waals surface area contributed by atoms with Crippen LogP contribution in [0, 0.1) is 11.6 Å². The van der Waals surface area contributed by atoms with Crippen LogP contribution >= 0.6 is 0 Å². The molecule has 0 amide bonds. The zero-order chi connectivity index (χ0) is 13.0. The molecule has 4 rings (SSSR count). The van der Waals surface area contributed by atoms with Gasteiger partial charge in [0.15, 0.2) is 0 Å². The van der Waals surface area contributed by atoms with Crippen LogP contribution in [0.2, 0.25) is 0 Å². The number of fused-ring (bicyclic) bond motifs is 5. The molecule has 0 saturated carbocycles. The van der Waals surface area contributed by atoms with Crippen LogP contribution in [0.25, 0.3) is 11.1 Å². The minimum absolute atomic E-state index is 0.114. The smallest absolute Gasteiger partial charge is 0.137 e. The lowest BCUT2D eigenvalue weighted by Gasteiger charge is -2.12. The first kappa shape index (κ1) is 10.9. The van der Waals surface area contributed by atoms with Gasteiger partial charge in [-0.1, -0.05) is 36.4 Å². The standard InChI is InChI=1S/C16H10F2O/c17-10-3-1-9(2-4-10)11-5-6-12-13-7-8-14(19-13)15(12)16(11)18/h1-8,13-14H. The Labute approximate surface area is 109 Å². The number of benzene rings is 2. The molecular weight excluding hydrogens is 246 g/mol. The second-order valence-electron chi connectivity index (χ2n) is 4.80. The number of hydrogen-bond donors (Lipinski definition) is 0. The van der Waals surface area contributed by atoms with Crippen molar-refractivity contribution in [2.24, 2.45) is 0 Å². The van der Waals surface area contributed by atoms with Gasteiger partial charge in [-0.15, -0.1) is 0 Å². The van der Waals surface area contributed by atoms with Gasteiger partial charge in [-0.2, -0.15) is 0 Å². The first-order valence-electron chi connectivity index (χ1n) is 6.16. The third kappa shape index (κ3) is 1.48. The van der Waals surface area contributed by atoms with E-state index in [1.165, 1.54) is 12.1 Å². The molecule has 0 radical (unpaired) electrons. The van der Waals surface area contributed by atoms with Crippen LogP contribution in [0.15, 0.2) is 48.6 Å². The first-order valence-corrected chi connectivity index (χ1v) is 6.16. The second kappa shape index (κ2) is 3.75. The Bertz CT molecular complexity index is 689. The summed E-state index contributed by atoms with van der Waals surface area (Å²) in [5.74, 6) is -0.586. The van der Waals surface area contributed by atoms with Gasteiger partial charge in [-0.05, 0) is 23.3 Å². The highest BCUT2D eigenvalue weighted by molar-refractivity contribution is 5.67. The molecule has 94 valence electrons. The third-order valence-corrected chi connectivity index (χ3v) is 3.71. The molecule has 0 fully saturated rings. The summed E-state index contributed by atoms with van der Waals surface area (Å²) in [6.45, 7) is 0. The SMILES string of the molecule is Fc1ccc(-c2ccc3c(c2F)C2C=CC3O2)cc1. The predicted octanol–water partition coefficient (Wildman–Crippen LogP) is 4.31. The molecule has 2 aromatic rings. The number of hydrogen-bond acceptors (Lipinski definition) is 1. The van der Waals surface area contributed by atoms with Gasteiger partial charge in [0.25, 0.3) is 0 Å². The first-order chi connectivity index (χ1) is 9.24. The van der Waals surface area contributed by atoms with Crippen molar-refractivity contribution in [1.29, 1.82) is 0 Å². The topological polar surface area (TPSA) is 9.23 Å². The van der Waals surface area contributed by atoms with Gasteiger partial charge in [-0.3, -0.25) is 0 Å². The highest BCUT2D eigenvalue weighted by Gasteiger charge is 2.36. The average molecular weight is 256 g/mol. The maximum Gasteiger partial charge on any atom is 0.137 e. The van der Waals surface area contributed by atoms with Crippen molar-refractivity contribution in [3.63, 3.8) is 0 Å². The lowest BCUT2D eigenvalue weighted by atomic mass is 9.92. The molecule has 2 heterocycles. The van der Waals surface area contributed by atoms with Crippen LogP contribution < -0.4 is 0 Å². The molecule has 2 bridgehead atoms. The van der Waals surface area contributed by atoms with Gasteiger partial charge in [0.05, 0.1) is 0 Å². The van der Waals surface area contributed by atoms with E-state index in [-0.39, 0.29) is 23.8 Å². The van der Waals surface area contributed by atoms with E-state index in [1.54, 1.807) is 18.2 Å². The van der Waals surface area contributed by atoms with Gasteiger partial charge in [-0.25, -0.2) is 8.78 Å². The molecule has 0 spiro atoms. The Hall–Kier alpha value is -2.00. The summed E-state index contributed by atoms with van der Waals surface area (Å²) in [7, 11) is 0. The van der Waals surface area contributed by atoms with Gasteiger partial charge in [0.1, 0.15) is 23.8 Å². The van der Waals surface area contributed by atoms with Gasteiger partial charge in [0, 0.05) is 11.1 Å². The molecule has 0 aliphatic carbocycles. The van der Waals surface area contributed by atoms with Gasteiger partial charge >= 0.3 is 0 Å². The Balaban J connectivity index is 1.88. The molecule has 2 aromatic carbocycles. The van der Waals surface area contributed by atoms with Crippen molar-refractivity contribution < 1.29 is 13.5 Å². The molecule has 0 N–H and O–H groups in total. The maximum atomic E-state index is 14.6. The fraction of sp³-hybridized carbons (Fsp3) is 0.125. The number of halogens is 2. The summed E-state index contributed by atoms with van der Waals surface area (Å²) in [5, 5.41) is 0. The fourth-order valence-corrected chi connectivity index (χ4v) is 2.79. The fourth-order valence-electron chi connectivity index (χ4n) is 2.79. The zero-order valence-electron chi connectivity index (χ0n) is 9.94. The molecule has 0 saturated heterocycles. The van der Waals surface area contributed by atoms with Crippen LogP contribution in [0.5, 0.6) is 0 Å². The Morgan fingerprint density at radius 1 is 0.842 bits per heavy atom. The van der Waals surface area contributed by atoms with Crippen LogP contribution in [0.4, 0.5) is 8.78 Å². The van der Waals surface area contributed by atoms with E-state index in [2.05, 4.69) is 0 Å². The van der Waals surface area contributed by atoms with Crippen molar-refractivity contribution in [1.82, 2.24) is 0 Å². The van der Waals surface area contributed by atoms with Crippen molar-refractivity contribution >= 4 is 0 Å². The molecule has 2 aliphatic heterocycles. The minimum atomic E-state index is -0.323. The summed E-state index contributed by atoms with van der Waals surface area (Å²) < 4.78 is 33.2. The van der Waals surface area contributed by atoms with E-state index in [4.69, 9.17) is 4.74 Å². The maximum absolute atomic E-state index is 14.6. The molecule has 2 unspecified atom stereocenters. The van der Waals surface area contributed by atoms with E-state index < -0.39 is 0 Å². The quantitative estimate of drug-likeness (QED) is 0.691. The average Bonchev–Trinajstić information content (AvgIpc) is 3.02. The Morgan fingerprint density at radius 2 is 1.58 bits per heavy atom. The molecule has 2 aliphatic rings. The summed E-state index contributed by atoms with van der Waals surface area (Å²) >= 11 is 0. The lowest BCUT2D eigenvalue weighted by Crippen LogP contribution is -1.99. The Morgan fingerprint density at radius 3 is 2.37 bits per heavy atom. The normalized spacial score (nSPS) is 22.8. The van der Waals surface area contributed by atoms with E-state index in [0.717, 1.165) is 5.56 Å².